The first-order valence-electron chi connectivity index (χ1n) is 11.9. The van der Waals surface area contributed by atoms with Gasteiger partial charge in [0.25, 0.3) is 0 Å². The predicted molar refractivity (Wildman–Crippen MR) is 106 cm³/mol. The van der Waals surface area contributed by atoms with Crippen molar-refractivity contribution in [3.05, 3.63) is 0 Å². The van der Waals surface area contributed by atoms with Crippen molar-refractivity contribution in [1.29, 1.82) is 0 Å². The zero-order valence-electron chi connectivity index (χ0n) is 18.0. The molecule has 160 valence electrons. The van der Waals surface area contributed by atoms with E-state index in [1.54, 1.807) is 0 Å². The number of rotatable bonds is 4. The predicted octanol–water partition coefficient (Wildman–Crippen LogP) is 4.41. The molecular formula is C23H39NO4. The Morgan fingerprint density at radius 3 is 2.54 bits per heavy atom. The van der Waals surface area contributed by atoms with Crippen LogP contribution in [-0.2, 0) is 19.2 Å². The minimum Gasteiger partial charge on any atom is -0.345 e. The van der Waals surface area contributed by atoms with Gasteiger partial charge in [-0.1, -0.05) is 33.1 Å². The Balaban J connectivity index is 1.31. The van der Waals surface area contributed by atoms with Gasteiger partial charge in [-0.15, -0.1) is 0 Å². The average molecular weight is 394 g/mol. The molecular weight excluding hydrogens is 354 g/mol. The van der Waals surface area contributed by atoms with Gasteiger partial charge in [0.05, 0.1) is 6.10 Å². The SMILES string of the molecule is C[C@H]1[C@@H](CNCC2CCCCC2)O[C@@H]2O[C@@]3(C)CC[C@H]4[C@H](C)CC[C@@H]1[C@@]24OO3. The van der Waals surface area contributed by atoms with E-state index in [1.807, 2.05) is 6.92 Å². The standard InChI is InChI=1S/C23H39NO4/c1-15-9-10-19-16(2)20(14-24-13-17-7-5-4-6-8-17)25-21-23(19)18(15)11-12-22(3,26-21)27-28-23/h15-21,24H,4-14H2,1-3H3/t15-,16-,18+,19+,20-,21-,22-,23-/m1/s1. The van der Waals surface area contributed by atoms with E-state index in [4.69, 9.17) is 19.2 Å². The first kappa shape index (κ1) is 19.7. The summed E-state index contributed by atoms with van der Waals surface area (Å²) in [5.74, 6) is 2.15. The Kier molecular flexibility index (Phi) is 5.28. The lowest BCUT2D eigenvalue weighted by molar-refractivity contribution is -0.570. The van der Waals surface area contributed by atoms with Crippen LogP contribution in [0.4, 0.5) is 0 Å². The third kappa shape index (κ3) is 3.17. The van der Waals surface area contributed by atoms with Crippen LogP contribution in [0.5, 0.6) is 0 Å². The van der Waals surface area contributed by atoms with Crippen LogP contribution in [0.1, 0.15) is 78.6 Å². The van der Waals surface area contributed by atoms with Gasteiger partial charge in [0.1, 0.15) is 0 Å². The molecule has 5 nitrogen and oxygen atoms in total. The average Bonchev–Trinajstić information content (AvgIpc) is 2.92. The first-order valence-corrected chi connectivity index (χ1v) is 11.9. The van der Waals surface area contributed by atoms with Gasteiger partial charge in [-0.25, -0.2) is 9.78 Å². The molecule has 1 N–H and O–H groups in total. The molecule has 1 spiro atoms. The van der Waals surface area contributed by atoms with E-state index in [1.165, 1.54) is 44.9 Å². The minimum absolute atomic E-state index is 0.185. The molecule has 4 saturated heterocycles. The zero-order chi connectivity index (χ0) is 19.4. The van der Waals surface area contributed by atoms with Crippen LogP contribution < -0.4 is 5.32 Å². The van der Waals surface area contributed by atoms with E-state index in [-0.39, 0.29) is 12.4 Å². The lowest BCUT2D eigenvalue weighted by Crippen LogP contribution is -2.71. The second kappa shape index (κ2) is 7.49. The lowest BCUT2D eigenvalue weighted by Gasteiger charge is -2.60. The van der Waals surface area contributed by atoms with Crippen molar-refractivity contribution in [2.75, 3.05) is 13.1 Å². The Labute approximate surface area is 170 Å². The van der Waals surface area contributed by atoms with Gasteiger partial charge in [-0.3, -0.25) is 0 Å². The minimum atomic E-state index is -0.668. The molecule has 2 saturated carbocycles. The highest BCUT2D eigenvalue weighted by Crippen LogP contribution is 2.60. The second-order valence-corrected chi connectivity index (χ2v) is 10.6. The van der Waals surface area contributed by atoms with Crippen LogP contribution in [-0.4, -0.2) is 36.9 Å². The van der Waals surface area contributed by atoms with Crippen LogP contribution in [0.25, 0.3) is 0 Å². The summed E-state index contributed by atoms with van der Waals surface area (Å²) < 4.78 is 13.1. The molecule has 2 bridgehead atoms. The molecule has 2 aliphatic carbocycles. The number of hydrogen-bond donors (Lipinski definition) is 1. The summed E-state index contributed by atoms with van der Waals surface area (Å²) in [5, 5.41) is 3.75. The number of ether oxygens (including phenoxy) is 2. The Bertz CT molecular complexity index is 567. The zero-order valence-corrected chi connectivity index (χ0v) is 18.0. The third-order valence-corrected chi connectivity index (χ3v) is 8.80. The van der Waals surface area contributed by atoms with E-state index >= 15 is 0 Å². The summed E-state index contributed by atoms with van der Waals surface area (Å²) >= 11 is 0. The number of fused-ring (bicyclic) bond motifs is 2. The maximum atomic E-state index is 6.66. The quantitative estimate of drug-likeness (QED) is 0.717. The van der Waals surface area contributed by atoms with Crippen molar-refractivity contribution in [3.63, 3.8) is 0 Å². The molecule has 0 amide bonds. The van der Waals surface area contributed by atoms with Gasteiger partial charge in [0, 0.05) is 18.9 Å². The number of hydrogen-bond acceptors (Lipinski definition) is 5. The highest BCUT2D eigenvalue weighted by molar-refractivity contribution is 5.10. The maximum Gasteiger partial charge on any atom is 0.201 e. The van der Waals surface area contributed by atoms with Crippen LogP contribution >= 0.6 is 0 Å². The summed E-state index contributed by atoms with van der Waals surface area (Å²) in [7, 11) is 0. The molecule has 0 aromatic carbocycles. The molecule has 5 heteroatoms. The molecule has 0 aromatic heterocycles. The van der Waals surface area contributed by atoms with Crippen molar-refractivity contribution in [1.82, 2.24) is 5.32 Å². The Morgan fingerprint density at radius 1 is 0.893 bits per heavy atom. The van der Waals surface area contributed by atoms with Crippen molar-refractivity contribution in [3.8, 4) is 0 Å². The largest absolute Gasteiger partial charge is 0.345 e. The fourth-order valence-electron chi connectivity index (χ4n) is 7.03. The van der Waals surface area contributed by atoms with E-state index in [0.29, 0.717) is 23.7 Å². The van der Waals surface area contributed by atoms with Crippen LogP contribution in [0.15, 0.2) is 0 Å². The molecule has 4 aliphatic heterocycles. The van der Waals surface area contributed by atoms with E-state index in [0.717, 1.165) is 31.8 Å². The normalized spacial score (nSPS) is 51.5. The van der Waals surface area contributed by atoms with E-state index in [9.17, 15) is 0 Å². The van der Waals surface area contributed by atoms with Crippen LogP contribution in [0.3, 0.4) is 0 Å². The van der Waals surface area contributed by atoms with E-state index in [2.05, 4.69) is 19.2 Å². The molecule has 6 aliphatic rings. The molecule has 6 rings (SSSR count). The van der Waals surface area contributed by atoms with Gasteiger partial charge >= 0.3 is 0 Å². The molecule has 28 heavy (non-hydrogen) atoms. The molecule has 0 unspecified atom stereocenters. The van der Waals surface area contributed by atoms with Crippen LogP contribution in [0, 0.1) is 29.6 Å². The fourth-order valence-corrected chi connectivity index (χ4v) is 7.03. The molecule has 6 fully saturated rings. The molecule has 4 heterocycles. The molecule has 0 aromatic rings. The summed E-state index contributed by atoms with van der Waals surface area (Å²) in [4.78, 5) is 12.1. The highest BCUT2D eigenvalue weighted by Gasteiger charge is 2.69. The molecule has 8 atom stereocenters. The van der Waals surface area contributed by atoms with Gasteiger partial charge in [-0.05, 0) is 69.2 Å². The fraction of sp³-hybridized carbons (Fsp3) is 1.00. The van der Waals surface area contributed by atoms with Crippen LogP contribution in [0.2, 0.25) is 0 Å². The summed E-state index contributed by atoms with van der Waals surface area (Å²) in [6.07, 6.45) is 11.3. The van der Waals surface area contributed by atoms with E-state index < -0.39 is 11.4 Å². The molecule has 0 radical (unpaired) electrons. The smallest absolute Gasteiger partial charge is 0.201 e. The maximum absolute atomic E-state index is 6.66. The Hall–Kier alpha value is -0.200. The van der Waals surface area contributed by atoms with Crippen molar-refractivity contribution >= 4 is 0 Å². The van der Waals surface area contributed by atoms with Gasteiger partial charge in [0.2, 0.25) is 5.79 Å². The van der Waals surface area contributed by atoms with Crippen molar-refractivity contribution in [2.45, 2.75) is 102 Å². The second-order valence-electron chi connectivity index (χ2n) is 10.6. The topological polar surface area (TPSA) is 49.0 Å². The van der Waals surface area contributed by atoms with Crippen molar-refractivity contribution in [2.24, 2.45) is 29.6 Å². The number of nitrogens with one attached hydrogen (secondary N) is 1. The van der Waals surface area contributed by atoms with Crippen molar-refractivity contribution < 1.29 is 19.2 Å². The van der Waals surface area contributed by atoms with Gasteiger partial charge < -0.3 is 14.8 Å². The highest BCUT2D eigenvalue weighted by atomic mass is 17.3. The Morgan fingerprint density at radius 2 is 1.71 bits per heavy atom. The van der Waals surface area contributed by atoms with Gasteiger partial charge in [0.15, 0.2) is 11.9 Å². The summed E-state index contributed by atoms with van der Waals surface area (Å²) in [6, 6.07) is 0. The first-order chi connectivity index (χ1) is 13.5. The third-order valence-electron chi connectivity index (χ3n) is 8.80. The van der Waals surface area contributed by atoms with Gasteiger partial charge in [-0.2, -0.15) is 0 Å². The monoisotopic (exact) mass is 393 g/mol. The lowest BCUT2D eigenvalue weighted by atomic mass is 9.57. The summed E-state index contributed by atoms with van der Waals surface area (Å²) in [5.41, 5.74) is -0.424. The summed E-state index contributed by atoms with van der Waals surface area (Å²) in [6.45, 7) is 8.79.